The summed E-state index contributed by atoms with van der Waals surface area (Å²) in [7, 11) is 3.57. The van der Waals surface area contributed by atoms with Crippen LogP contribution in [-0.4, -0.2) is 91.1 Å². The Morgan fingerprint density at radius 1 is 0.980 bits per heavy atom. The molecule has 1 atom stereocenters. The van der Waals surface area contributed by atoms with Crippen LogP contribution in [0.4, 0.5) is 22.0 Å². The molecule has 2 amide bonds. The van der Waals surface area contributed by atoms with Gasteiger partial charge >= 0.3 is 6.03 Å². The van der Waals surface area contributed by atoms with Gasteiger partial charge in [-0.25, -0.2) is 9.78 Å². The van der Waals surface area contributed by atoms with Crippen molar-refractivity contribution in [2.75, 3.05) is 68.6 Å². The lowest BCUT2D eigenvalue weighted by atomic mass is 9.98. The molecule has 0 aliphatic carbocycles. The summed E-state index contributed by atoms with van der Waals surface area (Å²) in [5, 5.41) is 15.3. The number of aryl methyl sites for hydroxylation is 2. The average Bonchev–Trinajstić information content (AvgIpc) is 3.44. The average molecular weight is 693 g/mol. The van der Waals surface area contributed by atoms with E-state index < -0.39 is 0 Å². The molecule has 51 heavy (non-hydrogen) atoms. The third-order valence-electron chi connectivity index (χ3n) is 9.80. The molecule has 5 rings (SSSR count). The monoisotopic (exact) mass is 692 g/mol. The summed E-state index contributed by atoms with van der Waals surface area (Å²) in [5.74, 6) is 0.698. The van der Waals surface area contributed by atoms with Crippen molar-refractivity contribution in [3.63, 3.8) is 0 Å². The quantitative estimate of drug-likeness (QED) is 0.0895. The van der Waals surface area contributed by atoms with Gasteiger partial charge in [0.2, 0.25) is 0 Å². The summed E-state index contributed by atoms with van der Waals surface area (Å²) >= 11 is 0. The van der Waals surface area contributed by atoms with Crippen molar-refractivity contribution in [3.8, 4) is 11.1 Å². The van der Waals surface area contributed by atoms with Crippen molar-refractivity contribution in [3.05, 3.63) is 88.9 Å². The van der Waals surface area contributed by atoms with Crippen LogP contribution >= 0.6 is 0 Å². The van der Waals surface area contributed by atoms with Crippen molar-refractivity contribution in [1.82, 2.24) is 30.3 Å². The van der Waals surface area contributed by atoms with Gasteiger partial charge in [0.1, 0.15) is 12.1 Å². The van der Waals surface area contributed by atoms with Gasteiger partial charge in [-0.1, -0.05) is 24.3 Å². The lowest BCUT2D eigenvalue weighted by Gasteiger charge is -2.36. The topological polar surface area (TPSA) is 123 Å². The fraction of sp³-hybridized carbons (Fsp3) is 0.410. The zero-order valence-electron chi connectivity index (χ0n) is 31.0. The Hall–Kier alpha value is -5.07. The molecule has 2 aromatic heterocycles. The molecule has 2 aromatic carbocycles. The van der Waals surface area contributed by atoms with E-state index in [0.717, 1.165) is 85.0 Å². The van der Waals surface area contributed by atoms with Crippen LogP contribution in [0.25, 0.3) is 11.1 Å². The number of hydrogen-bond acceptors (Lipinski definition) is 9. The molecule has 3 heterocycles. The largest absolute Gasteiger partial charge is 0.369 e. The smallest absolute Gasteiger partial charge is 0.321 e. The van der Waals surface area contributed by atoms with Gasteiger partial charge in [-0.2, -0.15) is 10.2 Å². The first-order chi connectivity index (χ1) is 24.6. The maximum Gasteiger partial charge on any atom is 0.321 e. The highest BCUT2D eigenvalue weighted by molar-refractivity contribution is 5.99. The minimum Gasteiger partial charge on any atom is -0.369 e. The van der Waals surface area contributed by atoms with Gasteiger partial charge in [-0.05, 0) is 94.3 Å². The Morgan fingerprint density at radius 3 is 2.33 bits per heavy atom. The predicted octanol–water partition coefficient (Wildman–Crippen LogP) is 5.54. The Labute approximate surface area is 301 Å². The number of rotatable bonds is 14. The van der Waals surface area contributed by atoms with Gasteiger partial charge in [0.25, 0.3) is 0 Å². The lowest BCUT2D eigenvalue weighted by molar-refractivity contribution is -0.107. The summed E-state index contributed by atoms with van der Waals surface area (Å²) < 4.78 is 1.98. The summed E-state index contributed by atoms with van der Waals surface area (Å²) in [5.41, 5.74) is 13.5. The second-order valence-corrected chi connectivity index (χ2v) is 13.1. The minimum absolute atomic E-state index is 0.238. The molecule has 1 fully saturated rings. The number of nitrogens with zero attached hydrogens (tertiary/aromatic N) is 7. The number of piperazine rings is 1. The molecule has 1 saturated heterocycles. The Balaban J connectivity index is 1.12. The predicted molar refractivity (Wildman–Crippen MR) is 207 cm³/mol. The van der Waals surface area contributed by atoms with E-state index in [1.807, 2.05) is 44.8 Å². The summed E-state index contributed by atoms with van der Waals surface area (Å²) in [6, 6.07) is 19.2. The number of carbonyl (C=O) groups excluding carboxylic acids is 2. The molecule has 0 bridgehead atoms. The Kier molecular flexibility index (Phi) is 12.6. The van der Waals surface area contributed by atoms with Crippen LogP contribution in [0, 0.1) is 20.8 Å². The summed E-state index contributed by atoms with van der Waals surface area (Å²) in [6.07, 6.45) is 2.99. The fourth-order valence-corrected chi connectivity index (χ4v) is 6.64. The second-order valence-electron chi connectivity index (χ2n) is 13.1. The number of nitrogens with one attached hydrogen (secondary N) is 3. The first kappa shape index (κ1) is 37.2. The summed E-state index contributed by atoms with van der Waals surface area (Å²) in [6.45, 7) is 15.9. The van der Waals surface area contributed by atoms with Gasteiger partial charge in [-0.3, -0.25) is 19.9 Å². The number of carbonyl (C=O) groups is 2. The minimum atomic E-state index is -0.238. The molecule has 4 aromatic rings. The Morgan fingerprint density at radius 2 is 1.71 bits per heavy atom. The zero-order valence-corrected chi connectivity index (χ0v) is 31.0. The normalized spacial score (nSPS) is 14.3. The number of hydrogen-bond donors (Lipinski definition) is 3. The second kappa shape index (κ2) is 17.2. The highest BCUT2D eigenvalue weighted by Crippen LogP contribution is 2.27. The van der Waals surface area contributed by atoms with Crippen LogP contribution in [-0.2, 0) is 11.3 Å². The fourth-order valence-electron chi connectivity index (χ4n) is 6.64. The first-order valence-electron chi connectivity index (χ1n) is 17.7. The third kappa shape index (κ3) is 9.00. The molecular weight excluding hydrogens is 640 g/mol. The molecule has 12 heteroatoms. The van der Waals surface area contributed by atoms with E-state index in [1.54, 1.807) is 11.9 Å². The van der Waals surface area contributed by atoms with Gasteiger partial charge in [0.15, 0.2) is 0 Å². The number of benzene rings is 2. The van der Waals surface area contributed by atoms with E-state index >= 15 is 0 Å². The van der Waals surface area contributed by atoms with Crippen molar-refractivity contribution in [2.45, 2.75) is 53.6 Å². The number of aldehydes is 1. The molecule has 0 saturated carbocycles. The Bertz CT molecular complexity index is 1810. The van der Waals surface area contributed by atoms with Gasteiger partial charge in [0.05, 0.1) is 29.3 Å². The highest BCUT2D eigenvalue weighted by Gasteiger charge is 2.24. The molecule has 1 aliphatic rings. The third-order valence-corrected chi connectivity index (χ3v) is 9.80. The molecular formula is C39H52N10O2. The number of pyridine rings is 1. The molecule has 270 valence electrons. The van der Waals surface area contributed by atoms with E-state index in [2.05, 4.69) is 98.3 Å². The number of amides is 2. The standard InChI is InChI=1S/C39H52N10O2/c1-27-25-33(11-15-36(27)29(3)40-6)28(2)43-44-37-16-12-34(26-42-37)32-9-13-35(14-10-32)47-21-18-46(19-22-47)20-23-49-31(5)38(30(4)45-49)48(17-8-24-50)39(51)41-7/h9-16,24-26,29,40H,8,17-23H2,1-7H3,(H,41,51)(H,42,44)/b43-28+/t29-/m1/s1. The van der Waals surface area contributed by atoms with Crippen LogP contribution in [0.2, 0.25) is 0 Å². The lowest BCUT2D eigenvalue weighted by Crippen LogP contribution is -2.47. The van der Waals surface area contributed by atoms with Crippen LogP contribution in [0.3, 0.4) is 0 Å². The maximum absolute atomic E-state index is 12.5. The SMILES string of the molecule is CNC(=O)N(CCC=O)c1c(C)nn(CCN2CCN(c3ccc(-c4ccc(N/N=C(\C)c5ccc([C@@H](C)NC)c(C)c5)nc4)cc3)CC2)c1C. The molecule has 1 aliphatic heterocycles. The molecule has 0 spiro atoms. The maximum atomic E-state index is 12.5. The number of aromatic nitrogens is 3. The highest BCUT2D eigenvalue weighted by atomic mass is 16.2. The first-order valence-corrected chi connectivity index (χ1v) is 17.7. The van der Waals surface area contributed by atoms with Crippen molar-refractivity contribution in [1.29, 1.82) is 0 Å². The van der Waals surface area contributed by atoms with Crippen LogP contribution in [0.15, 0.2) is 65.9 Å². The van der Waals surface area contributed by atoms with Gasteiger partial charge < -0.3 is 20.3 Å². The van der Waals surface area contributed by atoms with Crippen molar-refractivity contribution in [2.24, 2.45) is 5.10 Å². The number of hydrazone groups is 1. The molecule has 0 radical (unpaired) electrons. The van der Waals surface area contributed by atoms with Crippen molar-refractivity contribution < 1.29 is 9.59 Å². The van der Waals surface area contributed by atoms with Gasteiger partial charge in [0, 0.05) is 76.2 Å². The van der Waals surface area contributed by atoms with Crippen molar-refractivity contribution >= 4 is 35.2 Å². The molecule has 3 N–H and O–H groups in total. The van der Waals surface area contributed by atoms with Crippen LogP contribution in [0.1, 0.15) is 54.4 Å². The number of urea groups is 1. The van der Waals surface area contributed by atoms with E-state index in [-0.39, 0.29) is 12.5 Å². The molecule has 12 nitrogen and oxygen atoms in total. The zero-order chi connectivity index (χ0) is 36.5. The van der Waals surface area contributed by atoms with E-state index in [9.17, 15) is 9.59 Å². The molecule has 0 unspecified atom stereocenters. The van der Waals surface area contributed by atoms with Crippen LogP contribution in [0.5, 0.6) is 0 Å². The summed E-state index contributed by atoms with van der Waals surface area (Å²) in [4.78, 5) is 34.6. The van der Waals surface area contributed by atoms with E-state index in [1.165, 1.54) is 16.8 Å². The van der Waals surface area contributed by atoms with Gasteiger partial charge in [-0.15, -0.1) is 0 Å². The van der Waals surface area contributed by atoms with Crippen LogP contribution < -0.4 is 25.9 Å². The van der Waals surface area contributed by atoms with E-state index in [0.29, 0.717) is 18.4 Å². The number of anilines is 3. The van der Waals surface area contributed by atoms with E-state index in [4.69, 9.17) is 5.10 Å².